The van der Waals surface area contributed by atoms with E-state index in [0.717, 1.165) is 5.56 Å². The largest absolute Gasteiger partial charge is 0.335 e. The third-order valence-electron chi connectivity index (χ3n) is 3.82. The molecule has 0 heterocycles. The van der Waals surface area contributed by atoms with E-state index in [9.17, 15) is 13.2 Å². The number of aryl methyl sites for hydroxylation is 1. The molecule has 0 bridgehead atoms. The van der Waals surface area contributed by atoms with E-state index in [1.807, 2.05) is 35.9 Å². The second-order valence-electron chi connectivity index (χ2n) is 6.16. The number of aliphatic imine (C=N–C) groups is 1. The highest BCUT2D eigenvalue weighted by Crippen LogP contribution is 2.12. The van der Waals surface area contributed by atoms with Crippen LogP contribution >= 0.6 is 0 Å². The van der Waals surface area contributed by atoms with Gasteiger partial charge in [-0.2, -0.15) is 0 Å². The van der Waals surface area contributed by atoms with E-state index >= 15 is 0 Å². The maximum atomic E-state index is 12.4. The Bertz CT molecular complexity index is 1100. The Labute approximate surface area is 169 Å². The molecule has 3 aromatic carbocycles. The minimum absolute atomic E-state index is 0.00387. The topological polar surface area (TPSA) is 99.7 Å². The van der Waals surface area contributed by atoms with E-state index in [4.69, 9.17) is 0 Å². The van der Waals surface area contributed by atoms with Gasteiger partial charge in [0.15, 0.2) is 0 Å². The quantitative estimate of drug-likeness (QED) is 0.452. The van der Waals surface area contributed by atoms with Gasteiger partial charge in [0.2, 0.25) is 5.96 Å². The Kier molecular flexibility index (Phi) is 6.25. The number of urea groups is 1. The first-order chi connectivity index (χ1) is 13.9. The molecule has 0 spiro atoms. The molecule has 0 radical (unpaired) electrons. The summed E-state index contributed by atoms with van der Waals surface area (Å²) in [4.78, 5) is 16.7. The molecule has 0 aliphatic carbocycles. The number of benzene rings is 3. The number of anilines is 1. The first-order valence-electron chi connectivity index (χ1n) is 8.79. The van der Waals surface area contributed by atoms with Crippen molar-refractivity contribution in [3.8, 4) is 0 Å². The molecule has 8 heteroatoms. The fourth-order valence-electron chi connectivity index (χ4n) is 2.41. The first-order valence-corrected chi connectivity index (χ1v) is 10.3. The zero-order valence-electron chi connectivity index (χ0n) is 15.7. The highest BCUT2D eigenvalue weighted by Gasteiger charge is 2.18. The van der Waals surface area contributed by atoms with E-state index in [2.05, 4.69) is 15.6 Å². The average Bonchev–Trinajstić information content (AvgIpc) is 2.69. The van der Waals surface area contributed by atoms with Crippen LogP contribution in [-0.2, 0) is 10.0 Å². The van der Waals surface area contributed by atoms with Crippen molar-refractivity contribution in [2.24, 2.45) is 4.99 Å². The lowest BCUT2D eigenvalue weighted by Gasteiger charge is -2.13. The second-order valence-corrected chi connectivity index (χ2v) is 7.84. The Balaban J connectivity index is 1.78. The van der Waals surface area contributed by atoms with Crippen LogP contribution in [0.4, 0.5) is 16.2 Å². The van der Waals surface area contributed by atoms with Crippen molar-refractivity contribution in [3.63, 3.8) is 0 Å². The predicted octanol–water partition coefficient (Wildman–Crippen LogP) is 3.78. The van der Waals surface area contributed by atoms with Crippen LogP contribution in [0.3, 0.4) is 0 Å². The van der Waals surface area contributed by atoms with Gasteiger partial charge < -0.3 is 5.32 Å². The van der Waals surface area contributed by atoms with Crippen LogP contribution in [-0.4, -0.2) is 20.4 Å². The van der Waals surface area contributed by atoms with Gasteiger partial charge in [0, 0.05) is 5.69 Å². The van der Waals surface area contributed by atoms with Gasteiger partial charge >= 0.3 is 6.03 Å². The highest BCUT2D eigenvalue weighted by molar-refractivity contribution is 7.90. The number of nitrogens with one attached hydrogen (secondary N) is 3. The molecule has 0 aromatic heterocycles. The minimum atomic E-state index is -4.01. The van der Waals surface area contributed by atoms with Gasteiger partial charge in [-0.1, -0.05) is 54.1 Å². The molecule has 29 heavy (non-hydrogen) atoms. The zero-order valence-corrected chi connectivity index (χ0v) is 16.5. The van der Waals surface area contributed by atoms with Crippen molar-refractivity contribution >= 4 is 33.4 Å². The molecule has 2 amide bonds. The van der Waals surface area contributed by atoms with Crippen molar-refractivity contribution in [3.05, 3.63) is 90.5 Å². The van der Waals surface area contributed by atoms with E-state index < -0.39 is 16.1 Å². The molecule has 0 unspecified atom stereocenters. The van der Waals surface area contributed by atoms with Gasteiger partial charge in [-0.05, 0) is 43.3 Å². The van der Waals surface area contributed by atoms with Gasteiger partial charge in [0.25, 0.3) is 10.0 Å². The fraction of sp³-hybridized carbons (Fsp3) is 0.0476. The lowest BCUT2D eigenvalue weighted by atomic mass is 10.2. The number of amides is 2. The Morgan fingerprint density at radius 2 is 1.41 bits per heavy atom. The fourth-order valence-corrected chi connectivity index (χ4v) is 3.32. The second kappa shape index (κ2) is 9.03. The number of rotatable bonds is 4. The average molecular weight is 408 g/mol. The third kappa shape index (κ3) is 5.91. The summed E-state index contributed by atoms with van der Waals surface area (Å²) < 4.78 is 26.8. The maximum Gasteiger partial charge on any atom is 0.335 e. The van der Waals surface area contributed by atoms with Crippen LogP contribution in [0.5, 0.6) is 0 Å². The van der Waals surface area contributed by atoms with Crippen molar-refractivity contribution < 1.29 is 13.2 Å². The van der Waals surface area contributed by atoms with Crippen molar-refractivity contribution in [2.75, 3.05) is 5.32 Å². The standard InChI is InChI=1S/C21H20N4O3S/c1-16-12-14-19(15-13-16)29(27,28)25-21(26)24-20(22-17-8-4-2-5-9-17)23-18-10-6-3-7-11-18/h2-15H,1H3,(H3,22,23,24,25,26). The predicted molar refractivity (Wildman–Crippen MR) is 114 cm³/mol. The molecular weight excluding hydrogens is 388 g/mol. The lowest BCUT2D eigenvalue weighted by molar-refractivity contribution is 0.250. The molecule has 0 saturated heterocycles. The zero-order chi connectivity index (χ0) is 20.7. The SMILES string of the molecule is Cc1ccc(S(=O)(=O)NC(=O)NC(=Nc2ccccc2)Nc2ccccc2)cc1. The summed E-state index contributed by atoms with van der Waals surface area (Å²) in [7, 11) is -4.01. The summed E-state index contributed by atoms with van der Waals surface area (Å²) in [5.74, 6) is 0.0824. The van der Waals surface area contributed by atoms with E-state index in [1.165, 1.54) is 12.1 Å². The van der Waals surface area contributed by atoms with Gasteiger partial charge in [0.05, 0.1) is 10.6 Å². The molecule has 3 N–H and O–H groups in total. The lowest BCUT2D eigenvalue weighted by Crippen LogP contribution is -2.44. The molecule has 0 aliphatic rings. The Hall–Kier alpha value is -3.65. The van der Waals surface area contributed by atoms with Crippen molar-refractivity contribution in [1.82, 2.24) is 10.0 Å². The van der Waals surface area contributed by atoms with Crippen molar-refractivity contribution in [1.29, 1.82) is 0 Å². The minimum Gasteiger partial charge on any atom is -0.326 e. The molecular formula is C21H20N4O3S. The van der Waals surface area contributed by atoms with E-state index in [0.29, 0.717) is 11.4 Å². The van der Waals surface area contributed by atoms with E-state index in [1.54, 1.807) is 48.5 Å². The van der Waals surface area contributed by atoms with Gasteiger partial charge in [-0.25, -0.2) is 22.9 Å². The highest BCUT2D eigenvalue weighted by atomic mass is 32.2. The number of hydrogen-bond acceptors (Lipinski definition) is 4. The number of sulfonamides is 1. The normalized spacial score (nSPS) is 11.6. The van der Waals surface area contributed by atoms with Crippen LogP contribution < -0.4 is 15.4 Å². The molecule has 0 fully saturated rings. The molecule has 0 atom stereocenters. The molecule has 7 nitrogen and oxygen atoms in total. The summed E-state index contributed by atoms with van der Waals surface area (Å²) in [5, 5.41) is 5.44. The Morgan fingerprint density at radius 3 is 2.03 bits per heavy atom. The molecule has 3 aromatic rings. The molecule has 3 rings (SSSR count). The number of guanidine groups is 1. The van der Waals surface area contributed by atoms with Crippen LogP contribution in [0.25, 0.3) is 0 Å². The van der Waals surface area contributed by atoms with Gasteiger partial charge in [0.1, 0.15) is 0 Å². The van der Waals surface area contributed by atoms with Gasteiger partial charge in [-0.3, -0.25) is 5.32 Å². The maximum absolute atomic E-state index is 12.4. The van der Waals surface area contributed by atoms with Crippen LogP contribution in [0.2, 0.25) is 0 Å². The number of carbonyl (C=O) groups is 1. The number of hydrogen-bond donors (Lipinski definition) is 3. The van der Waals surface area contributed by atoms with Crippen LogP contribution in [0.1, 0.15) is 5.56 Å². The summed E-state index contributed by atoms with van der Waals surface area (Å²) in [6, 6.07) is 23.3. The summed E-state index contributed by atoms with van der Waals surface area (Å²) in [5.41, 5.74) is 2.19. The summed E-state index contributed by atoms with van der Waals surface area (Å²) in [6.07, 6.45) is 0. The Morgan fingerprint density at radius 1 is 0.828 bits per heavy atom. The first kappa shape index (κ1) is 20.1. The number of nitrogens with zero attached hydrogens (tertiary/aromatic N) is 1. The molecule has 0 aliphatic heterocycles. The number of carbonyl (C=O) groups excluding carboxylic acids is 1. The van der Waals surface area contributed by atoms with Crippen LogP contribution in [0.15, 0.2) is 94.8 Å². The number of para-hydroxylation sites is 2. The van der Waals surface area contributed by atoms with E-state index in [-0.39, 0.29) is 10.9 Å². The van der Waals surface area contributed by atoms with Crippen molar-refractivity contribution in [2.45, 2.75) is 11.8 Å². The van der Waals surface area contributed by atoms with Crippen LogP contribution in [0, 0.1) is 6.92 Å². The smallest absolute Gasteiger partial charge is 0.326 e. The summed E-state index contributed by atoms with van der Waals surface area (Å²) >= 11 is 0. The molecule has 0 saturated carbocycles. The summed E-state index contributed by atoms with van der Waals surface area (Å²) in [6.45, 7) is 1.85. The monoisotopic (exact) mass is 408 g/mol. The third-order valence-corrected chi connectivity index (χ3v) is 5.17. The van der Waals surface area contributed by atoms with Gasteiger partial charge in [-0.15, -0.1) is 0 Å². The molecule has 148 valence electrons.